The maximum Gasteiger partial charge on any atom is 0.126 e. The lowest BCUT2D eigenvalue weighted by molar-refractivity contribution is -0.157. The molecular weight excluding hydrogens is 256 g/mol. The third-order valence-electron chi connectivity index (χ3n) is 8.79. The van der Waals surface area contributed by atoms with Gasteiger partial charge >= 0.3 is 0 Å². The molecule has 0 aromatic heterocycles. The van der Waals surface area contributed by atoms with Crippen LogP contribution in [0.2, 0.25) is 0 Å². The molecule has 0 amide bonds. The van der Waals surface area contributed by atoms with Crippen LogP contribution < -0.4 is 0 Å². The molecule has 0 aliphatic heterocycles. The highest BCUT2D eigenvalue weighted by molar-refractivity contribution is 5.60. The molecule has 1 unspecified atom stereocenters. The van der Waals surface area contributed by atoms with Crippen LogP contribution in [0.1, 0.15) is 78.6 Å². The molecule has 4 aliphatic carbocycles. The Morgan fingerprint density at radius 3 is 2.52 bits per heavy atom. The zero-order chi connectivity index (χ0) is 14.9. The molecule has 1 spiro atoms. The van der Waals surface area contributed by atoms with Crippen molar-refractivity contribution in [1.82, 2.24) is 0 Å². The Bertz CT molecular complexity index is 453. The molecule has 21 heavy (non-hydrogen) atoms. The first kappa shape index (κ1) is 14.3. The van der Waals surface area contributed by atoms with Crippen molar-refractivity contribution in [1.29, 1.82) is 0 Å². The normalized spacial score (nSPS) is 59.2. The van der Waals surface area contributed by atoms with Gasteiger partial charge in [0, 0.05) is 5.41 Å². The highest BCUT2D eigenvalue weighted by atomic mass is 16.1. The molecule has 0 saturated heterocycles. The van der Waals surface area contributed by atoms with Crippen molar-refractivity contribution in [3.8, 4) is 0 Å². The molecule has 7 atom stereocenters. The summed E-state index contributed by atoms with van der Waals surface area (Å²) >= 11 is 0. The van der Waals surface area contributed by atoms with Crippen LogP contribution in [0.25, 0.3) is 0 Å². The molecule has 0 N–H and O–H groups in total. The predicted molar refractivity (Wildman–Crippen MR) is 85.9 cm³/mol. The number of hydrogen-bond donors (Lipinski definition) is 0. The highest BCUT2D eigenvalue weighted by Crippen LogP contribution is 2.72. The number of rotatable bonds is 1. The van der Waals surface area contributed by atoms with Crippen LogP contribution in [0.4, 0.5) is 0 Å². The van der Waals surface area contributed by atoms with Crippen LogP contribution in [0.3, 0.4) is 0 Å². The molecule has 4 fully saturated rings. The molecule has 2 bridgehead atoms. The largest absolute Gasteiger partial charge is 0.303 e. The first-order chi connectivity index (χ1) is 9.94. The lowest BCUT2D eigenvalue weighted by Crippen LogP contribution is -2.56. The summed E-state index contributed by atoms with van der Waals surface area (Å²) < 4.78 is 0. The summed E-state index contributed by atoms with van der Waals surface area (Å²) in [4.78, 5) is 11.8. The van der Waals surface area contributed by atoms with Crippen molar-refractivity contribution in [3.63, 3.8) is 0 Å². The maximum atomic E-state index is 11.8. The van der Waals surface area contributed by atoms with Crippen LogP contribution in [0.15, 0.2) is 0 Å². The minimum Gasteiger partial charge on any atom is -0.303 e. The molecular formula is C20H32O. The topological polar surface area (TPSA) is 17.1 Å². The first-order valence-electron chi connectivity index (χ1n) is 9.40. The lowest BCUT2D eigenvalue weighted by atomic mass is 9.41. The van der Waals surface area contributed by atoms with Crippen molar-refractivity contribution >= 4 is 6.29 Å². The summed E-state index contributed by atoms with van der Waals surface area (Å²) in [6.07, 6.45) is 13.8. The lowest BCUT2D eigenvalue weighted by Gasteiger charge is -2.63. The number of hydrogen-bond acceptors (Lipinski definition) is 1. The van der Waals surface area contributed by atoms with Gasteiger partial charge in [0.2, 0.25) is 0 Å². The average Bonchev–Trinajstić information content (AvgIpc) is 2.68. The van der Waals surface area contributed by atoms with Crippen LogP contribution in [-0.2, 0) is 4.79 Å². The molecule has 0 aromatic carbocycles. The fraction of sp³-hybridized carbons (Fsp3) is 0.950. The van der Waals surface area contributed by atoms with E-state index in [9.17, 15) is 4.79 Å². The van der Waals surface area contributed by atoms with Gasteiger partial charge in [0.25, 0.3) is 0 Å². The molecule has 4 rings (SSSR count). The average molecular weight is 288 g/mol. The van der Waals surface area contributed by atoms with Gasteiger partial charge in [0.05, 0.1) is 0 Å². The van der Waals surface area contributed by atoms with Gasteiger partial charge in [-0.25, -0.2) is 0 Å². The first-order valence-corrected chi connectivity index (χ1v) is 9.40. The molecule has 118 valence electrons. The molecule has 1 heteroatoms. The van der Waals surface area contributed by atoms with E-state index in [2.05, 4.69) is 20.8 Å². The molecule has 4 saturated carbocycles. The molecule has 0 heterocycles. The smallest absolute Gasteiger partial charge is 0.126 e. The fourth-order valence-corrected chi connectivity index (χ4v) is 7.98. The van der Waals surface area contributed by atoms with Crippen molar-refractivity contribution in [2.45, 2.75) is 78.6 Å². The summed E-state index contributed by atoms with van der Waals surface area (Å²) in [6.45, 7) is 7.35. The zero-order valence-electron chi connectivity index (χ0n) is 14.2. The van der Waals surface area contributed by atoms with Crippen molar-refractivity contribution in [3.05, 3.63) is 0 Å². The molecule has 1 nitrogen and oxygen atoms in total. The van der Waals surface area contributed by atoms with Gasteiger partial charge in [-0.05, 0) is 85.9 Å². The number of carbonyl (C=O) groups excluding carboxylic acids is 1. The van der Waals surface area contributed by atoms with E-state index in [1.807, 2.05) is 0 Å². The van der Waals surface area contributed by atoms with Crippen molar-refractivity contribution in [2.24, 2.45) is 39.9 Å². The Morgan fingerprint density at radius 1 is 0.952 bits per heavy atom. The predicted octanol–water partition coefficient (Wildman–Crippen LogP) is 5.23. The minimum atomic E-state index is -0.0321. The second-order valence-electron chi connectivity index (χ2n) is 9.71. The Hall–Kier alpha value is -0.330. The third kappa shape index (κ3) is 1.72. The standard InChI is InChI=1S/C20H32O/c1-14-11-20-10-7-16-18(2,13-21)8-4-9-19(16,3)17(20)6-5-15(14)12-20/h13-17H,4-12H2,1-3H3/t14-,15-,16+,17-,18?,19+,20+/m1/s1. The van der Waals surface area contributed by atoms with Crippen LogP contribution in [0.5, 0.6) is 0 Å². The monoisotopic (exact) mass is 288 g/mol. The number of fused-ring (bicyclic) bond motifs is 3. The van der Waals surface area contributed by atoms with E-state index >= 15 is 0 Å². The summed E-state index contributed by atoms with van der Waals surface area (Å²) in [5.74, 6) is 3.53. The molecule has 0 aromatic rings. The van der Waals surface area contributed by atoms with Gasteiger partial charge in [-0.3, -0.25) is 0 Å². The zero-order valence-corrected chi connectivity index (χ0v) is 14.2. The minimum absolute atomic E-state index is 0.0321. The summed E-state index contributed by atoms with van der Waals surface area (Å²) in [6, 6.07) is 0. The van der Waals surface area contributed by atoms with E-state index in [1.54, 1.807) is 0 Å². The van der Waals surface area contributed by atoms with Crippen LogP contribution in [-0.4, -0.2) is 6.29 Å². The second kappa shape index (κ2) is 4.36. The maximum absolute atomic E-state index is 11.8. The molecule has 4 aliphatic rings. The summed E-state index contributed by atoms with van der Waals surface area (Å²) in [7, 11) is 0. The van der Waals surface area contributed by atoms with Gasteiger partial charge in [0.1, 0.15) is 6.29 Å². The van der Waals surface area contributed by atoms with E-state index in [1.165, 1.54) is 57.7 Å². The van der Waals surface area contributed by atoms with Crippen LogP contribution in [0, 0.1) is 39.9 Å². The fourth-order valence-electron chi connectivity index (χ4n) is 7.98. The van der Waals surface area contributed by atoms with E-state index in [0.29, 0.717) is 16.7 Å². The van der Waals surface area contributed by atoms with Gasteiger partial charge in [-0.2, -0.15) is 0 Å². The van der Waals surface area contributed by atoms with Gasteiger partial charge in [0.15, 0.2) is 0 Å². The van der Waals surface area contributed by atoms with Crippen LogP contribution >= 0.6 is 0 Å². The summed E-state index contributed by atoms with van der Waals surface area (Å²) in [5, 5.41) is 0. The SMILES string of the molecule is C[C@@H]1C[C@]23CC[C@H]4C(C)(C=O)CCC[C@]4(C)[C@H]2CC[C@@H]1C3. The number of carbonyl (C=O) groups is 1. The Kier molecular flexibility index (Phi) is 2.96. The Balaban J connectivity index is 1.73. The highest BCUT2D eigenvalue weighted by Gasteiger charge is 2.64. The quantitative estimate of drug-likeness (QED) is 0.603. The van der Waals surface area contributed by atoms with Gasteiger partial charge in [-0.15, -0.1) is 0 Å². The Labute approximate surface area is 130 Å². The number of aldehydes is 1. The summed E-state index contributed by atoms with van der Waals surface area (Å²) in [5.41, 5.74) is 1.07. The van der Waals surface area contributed by atoms with Crippen molar-refractivity contribution in [2.75, 3.05) is 0 Å². The van der Waals surface area contributed by atoms with E-state index < -0.39 is 0 Å². The Morgan fingerprint density at radius 2 is 1.76 bits per heavy atom. The third-order valence-corrected chi connectivity index (χ3v) is 8.79. The van der Waals surface area contributed by atoms with Gasteiger partial charge < -0.3 is 4.79 Å². The molecule has 0 radical (unpaired) electrons. The van der Waals surface area contributed by atoms with E-state index in [0.717, 1.165) is 24.2 Å². The second-order valence-corrected chi connectivity index (χ2v) is 9.71. The van der Waals surface area contributed by atoms with E-state index in [4.69, 9.17) is 0 Å². The van der Waals surface area contributed by atoms with E-state index in [-0.39, 0.29) is 5.41 Å². The van der Waals surface area contributed by atoms with Gasteiger partial charge in [-0.1, -0.05) is 27.2 Å². The van der Waals surface area contributed by atoms with Crippen molar-refractivity contribution < 1.29 is 4.79 Å².